The van der Waals surface area contributed by atoms with Gasteiger partial charge in [-0.25, -0.2) is 0 Å². The fourth-order valence-corrected chi connectivity index (χ4v) is 11.4. The highest BCUT2D eigenvalue weighted by Crippen LogP contribution is 2.55. The Morgan fingerprint density at radius 3 is 1.00 bits per heavy atom. The third kappa shape index (κ3) is 7.60. The summed E-state index contributed by atoms with van der Waals surface area (Å²) in [5.74, 6) is 3.27. The lowest BCUT2D eigenvalue weighted by Gasteiger charge is -2.33. The molecule has 4 atom stereocenters. The van der Waals surface area contributed by atoms with Gasteiger partial charge in [0, 0.05) is 51.7 Å². The van der Waals surface area contributed by atoms with Gasteiger partial charge in [0.1, 0.15) is 0 Å². The third-order valence-corrected chi connectivity index (χ3v) is 13.2. The van der Waals surface area contributed by atoms with Crippen molar-refractivity contribution in [2.75, 3.05) is 39.6 Å². The van der Waals surface area contributed by atoms with Crippen LogP contribution in [0, 0.1) is 23.7 Å². The van der Waals surface area contributed by atoms with Gasteiger partial charge in [0.15, 0.2) is 0 Å². The van der Waals surface area contributed by atoms with E-state index >= 15 is 0 Å². The van der Waals surface area contributed by atoms with Crippen LogP contribution in [0.1, 0.15) is 73.6 Å². The quantitative estimate of drug-likeness (QED) is 0.243. The Morgan fingerprint density at radius 1 is 0.484 bits per heavy atom. The second kappa shape index (κ2) is 13.8. The summed E-state index contributed by atoms with van der Waals surface area (Å²) in [4.78, 5) is 0. The zero-order valence-corrected chi connectivity index (χ0v) is 23.0. The van der Waals surface area contributed by atoms with E-state index in [0.717, 1.165) is 35.8 Å². The highest BCUT2D eigenvalue weighted by molar-refractivity contribution is 6.61. The van der Waals surface area contributed by atoms with Crippen LogP contribution in [-0.4, -0.2) is 57.3 Å². The van der Waals surface area contributed by atoms with Gasteiger partial charge in [-0.2, -0.15) is 0 Å². The Hall–Kier alpha value is 0.194. The van der Waals surface area contributed by atoms with E-state index in [0.29, 0.717) is 39.6 Å². The molecule has 6 nitrogen and oxygen atoms in total. The standard InChI is InChI=1S/C23H48O6Si2/c1-7-24-30(25-8-2,26-9-3)15-13-20-17-23-19-22(20)18-21(23)14-16-31(27-10-4,28-11-5)29-12-6/h20-23H,7-19H2,1-6H3. The molecule has 0 heterocycles. The van der Waals surface area contributed by atoms with Crippen molar-refractivity contribution in [2.45, 2.75) is 85.7 Å². The Balaban J connectivity index is 1.87. The first-order chi connectivity index (χ1) is 15.0. The van der Waals surface area contributed by atoms with Crippen molar-refractivity contribution in [1.29, 1.82) is 0 Å². The first-order valence-electron chi connectivity index (χ1n) is 12.8. The second-order valence-electron chi connectivity index (χ2n) is 8.79. The van der Waals surface area contributed by atoms with E-state index in [-0.39, 0.29) is 0 Å². The third-order valence-electron chi connectivity index (χ3n) is 6.98. The molecule has 2 aliphatic rings. The molecule has 8 heteroatoms. The van der Waals surface area contributed by atoms with Crippen LogP contribution in [0.5, 0.6) is 0 Å². The molecule has 0 aromatic rings. The number of hydrogen-bond donors (Lipinski definition) is 0. The highest BCUT2D eigenvalue weighted by Gasteiger charge is 2.49. The molecule has 0 radical (unpaired) electrons. The van der Waals surface area contributed by atoms with E-state index in [4.69, 9.17) is 26.6 Å². The van der Waals surface area contributed by atoms with Crippen LogP contribution in [-0.2, 0) is 26.6 Å². The monoisotopic (exact) mass is 476 g/mol. The van der Waals surface area contributed by atoms with Gasteiger partial charge in [0.25, 0.3) is 0 Å². The lowest BCUT2D eigenvalue weighted by molar-refractivity contribution is 0.0657. The molecule has 2 bridgehead atoms. The Kier molecular flexibility index (Phi) is 12.2. The maximum Gasteiger partial charge on any atom is 0.500 e. The van der Waals surface area contributed by atoms with Gasteiger partial charge in [-0.15, -0.1) is 0 Å². The van der Waals surface area contributed by atoms with Gasteiger partial charge in [-0.3, -0.25) is 0 Å². The van der Waals surface area contributed by atoms with E-state index in [1.807, 2.05) is 41.5 Å². The van der Waals surface area contributed by atoms with Gasteiger partial charge >= 0.3 is 17.6 Å². The van der Waals surface area contributed by atoms with Crippen LogP contribution >= 0.6 is 0 Å². The molecule has 2 aliphatic carbocycles. The minimum Gasteiger partial charge on any atom is -0.374 e. The van der Waals surface area contributed by atoms with Crippen LogP contribution in [0.15, 0.2) is 0 Å². The normalized spacial score (nSPS) is 26.1. The van der Waals surface area contributed by atoms with Crippen LogP contribution in [0.25, 0.3) is 0 Å². The topological polar surface area (TPSA) is 55.4 Å². The molecular formula is C23H48O6Si2. The molecule has 2 saturated carbocycles. The zero-order valence-electron chi connectivity index (χ0n) is 21.0. The zero-order chi connectivity index (χ0) is 22.7. The maximum absolute atomic E-state index is 6.07. The molecule has 2 rings (SSSR count). The summed E-state index contributed by atoms with van der Waals surface area (Å²) < 4.78 is 36.4. The van der Waals surface area contributed by atoms with Gasteiger partial charge in [-0.05, 0) is 97.3 Å². The van der Waals surface area contributed by atoms with Crippen molar-refractivity contribution >= 4 is 17.6 Å². The molecule has 2 fully saturated rings. The smallest absolute Gasteiger partial charge is 0.374 e. The molecule has 0 aromatic heterocycles. The number of rotatable bonds is 18. The van der Waals surface area contributed by atoms with E-state index in [1.54, 1.807) is 0 Å². The van der Waals surface area contributed by atoms with Gasteiger partial charge < -0.3 is 26.6 Å². The molecule has 4 unspecified atom stereocenters. The average Bonchev–Trinajstić information content (AvgIpc) is 3.32. The minimum atomic E-state index is -2.52. The van der Waals surface area contributed by atoms with Crippen molar-refractivity contribution in [3.63, 3.8) is 0 Å². The maximum atomic E-state index is 6.07. The second-order valence-corrected chi connectivity index (χ2v) is 14.3. The van der Waals surface area contributed by atoms with Gasteiger partial charge in [0.2, 0.25) is 0 Å². The lowest BCUT2D eigenvalue weighted by atomic mass is 9.80. The van der Waals surface area contributed by atoms with Crippen molar-refractivity contribution in [3.8, 4) is 0 Å². The van der Waals surface area contributed by atoms with E-state index in [2.05, 4.69) is 0 Å². The summed E-state index contributed by atoms with van der Waals surface area (Å²) in [6, 6.07) is 1.91. The molecule has 0 N–H and O–H groups in total. The van der Waals surface area contributed by atoms with Crippen molar-refractivity contribution in [1.82, 2.24) is 0 Å². The Labute approximate surface area is 193 Å². The SMILES string of the molecule is CCO[Si](CCC1CC2CC1CC2CC[Si](OCC)(OCC)OCC)(OCC)OCC. The summed E-state index contributed by atoms with van der Waals surface area (Å²) >= 11 is 0. The van der Waals surface area contributed by atoms with Crippen LogP contribution < -0.4 is 0 Å². The first kappa shape index (κ1) is 27.4. The summed E-state index contributed by atoms with van der Waals surface area (Å²) in [6.45, 7) is 16.2. The Bertz CT molecular complexity index is 419. The number of hydrogen-bond acceptors (Lipinski definition) is 6. The van der Waals surface area contributed by atoms with E-state index < -0.39 is 17.6 Å². The van der Waals surface area contributed by atoms with Gasteiger partial charge in [0.05, 0.1) is 0 Å². The summed E-state index contributed by atoms with van der Waals surface area (Å²) in [5, 5.41) is 0. The van der Waals surface area contributed by atoms with Crippen molar-refractivity contribution < 1.29 is 26.6 Å². The van der Waals surface area contributed by atoms with Gasteiger partial charge in [-0.1, -0.05) is 0 Å². The molecule has 0 amide bonds. The van der Waals surface area contributed by atoms with E-state index in [9.17, 15) is 0 Å². The molecule has 0 spiro atoms. The summed E-state index contributed by atoms with van der Waals surface area (Å²) in [6.07, 6.45) is 6.42. The molecule has 0 aliphatic heterocycles. The largest absolute Gasteiger partial charge is 0.500 e. The first-order valence-corrected chi connectivity index (χ1v) is 16.7. The van der Waals surface area contributed by atoms with E-state index in [1.165, 1.54) is 32.1 Å². The summed E-state index contributed by atoms with van der Waals surface area (Å²) in [7, 11) is -5.04. The lowest BCUT2D eigenvalue weighted by Crippen LogP contribution is -2.46. The van der Waals surface area contributed by atoms with Crippen LogP contribution in [0.4, 0.5) is 0 Å². The van der Waals surface area contributed by atoms with Crippen molar-refractivity contribution in [3.05, 3.63) is 0 Å². The predicted octanol–water partition coefficient (Wildman–Crippen LogP) is 5.53. The fraction of sp³-hybridized carbons (Fsp3) is 1.00. The number of fused-ring (bicyclic) bond motifs is 2. The average molecular weight is 477 g/mol. The highest BCUT2D eigenvalue weighted by atomic mass is 28.4. The molecular weight excluding hydrogens is 428 g/mol. The fourth-order valence-electron chi connectivity index (χ4n) is 5.95. The Morgan fingerprint density at radius 2 is 0.774 bits per heavy atom. The predicted molar refractivity (Wildman–Crippen MR) is 128 cm³/mol. The van der Waals surface area contributed by atoms with Crippen LogP contribution in [0.3, 0.4) is 0 Å². The van der Waals surface area contributed by atoms with Crippen molar-refractivity contribution in [2.24, 2.45) is 23.7 Å². The summed E-state index contributed by atoms with van der Waals surface area (Å²) in [5.41, 5.74) is 0. The van der Waals surface area contributed by atoms with Crippen LogP contribution in [0.2, 0.25) is 12.1 Å². The molecule has 31 heavy (non-hydrogen) atoms. The molecule has 0 aromatic carbocycles. The molecule has 184 valence electrons. The molecule has 0 saturated heterocycles. The minimum absolute atomic E-state index is 0.663.